The summed E-state index contributed by atoms with van der Waals surface area (Å²) in [5.41, 5.74) is 1.89. The molecule has 1 amide bonds. The van der Waals surface area contributed by atoms with Crippen molar-refractivity contribution in [1.29, 1.82) is 0 Å². The summed E-state index contributed by atoms with van der Waals surface area (Å²) >= 11 is 0. The van der Waals surface area contributed by atoms with Crippen molar-refractivity contribution in [2.45, 2.75) is 45.7 Å². The van der Waals surface area contributed by atoms with E-state index in [9.17, 15) is 4.79 Å². The molecule has 1 aromatic carbocycles. The Morgan fingerprint density at radius 2 is 1.92 bits per heavy atom. The summed E-state index contributed by atoms with van der Waals surface area (Å²) in [7, 11) is 0. The maximum Gasteiger partial charge on any atom is 0.223 e. The number of hydrogen-bond acceptors (Lipinski definition) is 4. The van der Waals surface area contributed by atoms with Crippen molar-refractivity contribution in [3.8, 4) is 11.3 Å². The first-order valence-electron chi connectivity index (χ1n) is 8.58. The number of amides is 1. The van der Waals surface area contributed by atoms with Crippen molar-refractivity contribution >= 4 is 5.91 Å². The average Bonchev–Trinajstić information content (AvgIpc) is 2.93. The first-order valence-corrected chi connectivity index (χ1v) is 8.58. The topological polar surface area (TPSA) is 58.4 Å². The molecule has 3 rings (SSSR count). The van der Waals surface area contributed by atoms with E-state index in [0.717, 1.165) is 30.1 Å². The third-order valence-electron chi connectivity index (χ3n) is 4.34. The van der Waals surface area contributed by atoms with Crippen molar-refractivity contribution in [1.82, 2.24) is 15.2 Å². The van der Waals surface area contributed by atoms with Crippen LogP contribution in [0.3, 0.4) is 0 Å². The van der Waals surface area contributed by atoms with Gasteiger partial charge in [0.05, 0.1) is 5.69 Å². The highest BCUT2D eigenvalue weighted by Gasteiger charge is 2.24. The van der Waals surface area contributed by atoms with Crippen LogP contribution in [-0.4, -0.2) is 41.0 Å². The van der Waals surface area contributed by atoms with Crippen LogP contribution in [0.5, 0.6) is 0 Å². The molecule has 1 aromatic heterocycles. The van der Waals surface area contributed by atoms with Gasteiger partial charge in [0.25, 0.3) is 0 Å². The molecule has 0 saturated carbocycles. The fourth-order valence-corrected chi connectivity index (χ4v) is 3.32. The summed E-state index contributed by atoms with van der Waals surface area (Å²) in [6, 6.07) is 10.6. The molecule has 0 spiro atoms. The van der Waals surface area contributed by atoms with Gasteiger partial charge in [-0.15, -0.1) is 0 Å². The van der Waals surface area contributed by atoms with E-state index in [1.807, 2.05) is 42.2 Å². The molecule has 0 radical (unpaired) electrons. The number of rotatable bonds is 4. The Kier molecular flexibility index (Phi) is 5.00. The van der Waals surface area contributed by atoms with Crippen LogP contribution in [0.25, 0.3) is 11.3 Å². The van der Waals surface area contributed by atoms with Crippen LogP contribution in [-0.2, 0) is 11.2 Å². The van der Waals surface area contributed by atoms with Gasteiger partial charge in [0, 0.05) is 43.6 Å². The summed E-state index contributed by atoms with van der Waals surface area (Å²) in [6.07, 6.45) is 0.979. The van der Waals surface area contributed by atoms with Gasteiger partial charge in [-0.3, -0.25) is 4.79 Å². The van der Waals surface area contributed by atoms with Gasteiger partial charge < -0.3 is 14.6 Å². The number of oxazole rings is 1. The van der Waals surface area contributed by atoms with Gasteiger partial charge in [0.1, 0.15) is 0 Å². The predicted octanol–water partition coefficient (Wildman–Crippen LogP) is 2.79. The molecule has 1 fully saturated rings. The number of nitrogens with zero attached hydrogens (tertiary/aromatic N) is 2. The van der Waals surface area contributed by atoms with Crippen LogP contribution >= 0.6 is 0 Å². The predicted molar refractivity (Wildman–Crippen MR) is 93.6 cm³/mol. The number of aromatic nitrogens is 1. The molecule has 2 heterocycles. The molecular weight excluding hydrogens is 302 g/mol. The zero-order chi connectivity index (χ0) is 17.1. The first kappa shape index (κ1) is 16.7. The van der Waals surface area contributed by atoms with Crippen molar-refractivity contribution in [3.63, 3.8) is 0 Å². The second-order valence-corrected chi connectivity index (χ2v) is 6.66. The Balaban J connectivity index is 1.62. The summed E-state index contributed by atoms with van der Waals surface area (Å²) in [5.74, 6) is 1.60. The van der Waals surface area contributed by atoms with Gasteiger partial charge in [0.2, 0.25) is 5.91 Å². The Morgan fingerprint density at radius 3 is 2.58 bits per heavy atom. The van der Waals surface area contributed by atoms with E-state index in [-0.39, 0.29) is 5.91 Å². The molecule has 5 nitrogen and oxygen atoms in total. The smallest absolute Gasteiger partial charge is 0.223 e. The highest BCUT2D eigenvalue weighted by Crippen LogP contribution is 2.24. The van der Waals surface area contributed by atoms with Crippen LogP contribution in [0.15, 0.2) is 34.7 Å². The fraction of sp³-hybridized carbons (Fsp3) is 0.474. The van der Waals surface area contributed by atoms with Crippen LogP contribution in [0.1, 0.15) is 31.9 Å². The highest BCUT2D eigenvalue weighted by molar-refractivity contribution is 5.76. The quantitative estimate of drug-likeness (QED) is 0.938. The number of aryl methyl sites for hydroxylation is 2. The van der Waals surface area contributed by atoms with E-state index < -0.39 is 0 Å². The van der Waals surface area contributed by atoms with Crippen molar-refractivity contribution in [3.05, 3.63) is 41.9 Å². The molecule has 2 aromatic rings. The summed E-state index contributed by atoms with van der Waals surface area (Å²) in [5, 5.41) is 3.44. The largest absolute Gasteiger partial charge is 0.440 e. The number of hydrogen-bond donors (Lipinski definition) is 1. The molecular formula is C19H25N3O2. The third kappa shape index (κ3) is 3.85. The van der Waals surface area contributed by atoms with Crippen LogP contribution < -0.4 is 5.32 Å². The van der Waals surface area contributed by atoms with E-state index >= 15 is 0 Å². The zero-order valence-corrected chi connectivity index (χ0v) is 14.6. The van der Waals surface area contributed by atoms with E-state index in [1.165, 1.54) is 0 Å². The van der Waals surface area contributed by atoms with Crippen LogP contribution in [0, 0.1) is 6.92 Å². The van der Waals surface area contributed by atoms with Gasteiger partial charge in [-0.05, 0) is 20.8 Å². The van der Waals surface area contributed by atoms with E-state index in [1.54, 1.807) is 0 Å². The van der Waals surface area contributed by atoms with Crippen molar-refractivity contribution < 1.29 is 9.21 Å². The van der Waals surface area contributed by atoms with Crippen molar-refractivity contribution in [2.24, 2.45) is 0 Å². The normalized spacial score (nSPS) is 21.0. The lowest BCUT2D eigenvalue weighted by Crippen LogP contribution is -2.55. The average molecular weight is 327 g/mol. The highest BCUT2D eigenvalue weighted by atomic mass is 16.4. The molecule has 5 heteroatoms. The van der Waals surface area contributed by atoms with Crippen LogP contribution in [0.4, 0.5) is 0 Å². The Hall–Kier alpha value is -2.14. The monoisotopic (exact) mass is 327 g/mol. The minimum absolute atomic E-state index is 0.173. The van der Waals surface area contributed by atoms with Gasteiger partial charge in [-0.1, -0.05) is 30.3 Å². The van der Waals surface area contributed by atoms with Crippen LogP contribution in [0.2, 0.25) is 0 Å². The van der Waals surface area contributed by atoms with Gasteiger partial charge in [-0.2, -0.15) is 0 Å². The summed E-state index contributed by atoms with van der Waals surface area (Å²) in [6.45, 7) is 7.70. The lowest BCUT2D eigenvalue weighted by molar-refractivity contribution is -0.133. The molecule has 1 aliphatic heterocycles. The zero-order valence-electron chi connectivity index (χ0n) is 14.6. The van der Waals surface area contributed by atoms with E-state index in [0.29, 0.717) is 30.8 Å². The lowest BCUT2D eigenvalue weighted by atomic mass is 10.1. The molecule has 0 aliphatic carbocycles. The molecule has 0 bridgehead atoms. The molecule has 0 unspecified atom stereocenters. The second kappa shape index (κ2) is 7.18. The van der Waals surface area contributed by atoms with Gasteiger partial charge in [-0.25, -0.2) is 4.98 Å². The minimum Gasteiger partial charge on any atom is -0.440 e. The standard InChI is InChI=1S/C19H25N3O2/c1-13-11-22(12-14(2)20-13)18(23)10-9-17-21-15(3)19(24-17)16-7-5-4-6-8-16/h4-8,13-14,20H,9-12H2,1-3H3/t13-,14-/m0/s1. The molecule has 24 heavy (non-hydrogen) atoms. The Bertz CT molecular complexity index is 686. The molecule has 1 saturated heterocycles. The number of benzene rings is 1. The lowest BCUT2D eigenvalue weighted by Gasteiger charge is -2.36. The van der Waals surface area contributed by atoms with E-state index in [2.05, 4.69) is 24.1 Å². The number of carbonyl (C=O) groups excluding carboxylic acids is 1. The maximum atomic E-state index is 12.5. The Morgan fingerprint density at radius 1 is 1.25 bits per heavy atom. The van der Waals surface area contributed by atoms with E-state index in [4.69, 9.17) is 4.42 Å². The molecule has 128 valence electrons. The molecule has 1 aliphatic rings. The second-order valence-electron chi connectivity index (χ2n) is 6.66. The van der Waals surface area contributed by atoms with Gasteiger partial charge in [0.15, 0.2) is 11.7 Å². The van der Waals surface area contributed by atoms with Gasteiger partial charge >= 0.3 is 0 Å². The fourth-order valence-electron chi connectivity index (χ4n) is 3.32. The molecule has 1 N–H and O–H groups in total. The first-order chi connectivity index (χ1) is 11.5. The SMILES string of the molecule is Cc1nc(CCC(=O)N2C[C@H](C)N[C@@H](C)C2)oc1-c1ccccc1. The van der Waals surface area contributed by atoms with Crippen molar-refractivity contribution in [2.75, 3.05) is 13.1 Å². The number of piperazine rings is 1. The number of carbonyl (C=O) groups is 1. The minimum atomic E-state index is 0.173. The molecule has 2 atom stereocenters. The third-order valence-corrected chi connectivity index (χ3v) is 4.34. The summed E-state index contributed by atoms with van der Waals surface area (Å²) < 4.78 is 5.89. The number of nitrogens with one attached hydrogen (secondary N) is 1. The Labute approximate surface area is 143 Å². The maximum absolute atomic E-state index is 12.5. The summed E-state index contributed by atoms with van der Waals surface area (Å²) in [4.78, 5) is 18.9.